The first-order chi connectivity index (χ1) is 16.1. The second-order valence-corrected chi connectivity index (χ2v) is 8.73. The van der Waals surface area contributed by atoms with E-state index in [2.05, 4.69) is 0 Å². The summed E-state index contributed by atoms with van der Waals surface area (Å²) >= 11 is 0. The lowest BCUT2D eigenvalue weighted by Crippen LogP contribution is -2.68. The van der Waals surface area contributed by atoms with Gasteiger partial charge in [-0.1, -0.05) is 60.7 Å². The van der Waals surface area contributed by atoms with Crippen LogP contribution in [0, 0.1) is 17.3 Å². The molecular weight excluding hydrogens is 418 g/mol. The maximum absolute atomic E-state index is 13.9. The van der Waals surface area contributed by atoms with Crippen molar-refractivity contribution in [3.8, 4) is 0 Å². The monoisotopic (exact) mass is 449 g/mol. The number of hydrogen-bond acceptors (Lipinski definition) is 5. The number of fused-ring (bicyclic) bond motifs is 1. The van der Waals surface area contributed by atoms with Crippen LogP contribution in [0.25, 0.3) is 0 Å². The molecule has 2 fully saturated rings. The first kappa shape index (κ1) is 23.0. The van der Waals surface area contributed by atoms with Gasteiger partial charge in [0.2, 0.25) is 5.91 Å². The molecule has 33 heavy (non-hydrogen) atoms. The zero-order valence-electron chi connectivity index (χ0n) is 19.2. The Morgan fingerprint density at radius 3 is 2.06 bits per heavy atom. The van der Waals surface area contributed by atoms with E-state index in [1.165, 1.54) is 0 Å². The summed E-state index contributed by atoms with van der Waals surface area (Å²) in [5, 5.41) is 0. The summed E-state index contributed by atoms with van der Waals surface area (Å²) in [6.45, 7) is 4.70. The molecule has 0 spiro atoms. The van der Waals surface area contributed by atoms with Crippen LogP contribution < -0.4 is 0 Å². The van der Waals surface area contributed by atoms with Gasteiger partial charge in [-0.05, 0) is 43.7 Å². The van der Waals surface area contributed by atoms with Gasteiger partial charge in [0.15, 0.2) is 5.41 Å². The van der Waals surface area contributed by atoms with Crippen molar-refractivity contribution in [3.63, 3.8) is 0 Å². The smallest absolute Gasteiger partial charge is 0.324 e. The fraction of sp³-hybridized carbons (Fsp3) is 0.444. The highest BCUT2D eigenvalue weighted by atomic mass is 16.6. The molecule has 1 saturated carbocycles. The quantitative estimate of drug-likeness (QED) is 0.473. The van der Waals surface area contributed by atoms with Crippen molar-refractivity contribution in [2.45, 2.75) is 39.2 Å². The molecule has 0 aromatic heterocycles. The van der Waals surface area contributed by atoms with Gasteiger partial charge < -0.3 is 14.4 Å². The number of amides is 1. The standard InChI is InChI=1S/C27H31NO5/c1-3-32-25(30)27(26(31)33-4-2)22(20-14-9-6-10-15-20)21-16-11-17-28(24(29)23(21)27)18-19-12-7-5-8-13-19/h5-10,12-15,21-23H,3-4,11,16-18H2,1-2H3/t21-,22-,23-/m1/s1. The minimum atomic E-state index is -1.67. The van der Waals surface area contributed by atoms with Crippen molar-refractivity contribution in [1.82, 2.24) is 4.90 Å². The van der Waals surface area contributed by atoms with E-state index >= 15 is 0 Å². The zero-order chi connectivity index (χ0) is 23.4. The van der Waals surface area contributed by atoms with E-state index in [4.69, 9.17) is 9.47 Å². The molecule has 2 aromatic rings. The summed E-state index contributed by atoms with van der Waals surface area (Å²) in [6.07, 6.45) is 1.56. The summed E-state index contributed by atoms with van der Waals surface area (Å²) in [5.41, 5.74) is 0.208. The SMILES string of the molecule is CCOC(=O)C1(C(=O)OCC)[C@H](c2ccccc2)[C@H]2CCCN(Cc3ccccc3)C(=O)[C@@H]21. The van der Waals surface area contributed by atoms with Gasteiger partial charge in [-0.2, -0.15) is 0 Å². The van der Waals surface area contributed by atoms with Gasteiger partial charge in [-0.15, -0.1) is 0 Å². The summed E-state index contributed by atoms with van der Waals surface area (Å²) in [4.78, 5) is 42.8. The van der Waals surface area contributed by atoms with Crippen LogP contribution in [-0.2, 0) is 30.4 Å². The van der Waals surface area contributed by atoms with Crippen LogP contribution >= 0.6 is 0 Å². The Morgan fingerprint density at radius 2 is 1.48 bits per heavy atom. The van der Waals surface area contributed by atoms with Crippen LogP contribution in [0.4, 0.5) is 0 Å². The highest BCUT2D eigenvalue weighted by Crippen LogP contribution is 2.65. The van der Waals surface area contributed by atoms with Crippen LogP contribution in [0.1, 0.15) is 43.7 Å². The molecule has 4 rings (SSSR count). The van der Waals surface area contributed by atoms with Crippen molar-refractivity contribution >= 4 is 17.8 Å². The second kappa shape index (κ2) is 9.77. The summed E-state index contributed by atoms with van der Waals surface area (Å²) in [6, 6.07) is 19.3. The van der Waals surface area contributed by atoms with E-state index in [1.54, 1.807) is 18.7 Å². The van der Waals surface area contributed by atoms with Crippen molar-refractivity contribution < 1.29 is 23.9 Å². The van der Waals surface area contributed by atoms with Gasteiger partial charge in [0.25, 0.3) is 0 Å². The Kier molecular flexibility index (Phi) is 6.82. The molecule has 0 N–H and O–H groups in total. The molecule has 1 saturated heterocycles. The Labute approximate surface area is 194 Å². The summed E-state index contributed by atoms with van der Waals surface area (Å²) in [5.74, 6) is -2.87. The molecule has 1 aliphatic heterocycles. The Balaban J connectivity index is 1.79. The van der Waals surface area contributed by atoms with Crippen molar-refractivity contribution in [3.05, 3.63) is 71.8 Å². The van der Waals surface area contributed by atoms with Gasteiger partial charge in [0.1, 0.15) is 0 Å². The maximum atomic E-state index is 13.9. The zero-order valence-corrected chi connectivity index (χ0v) is 19.2. The van der Waals surface area contributed by atoms with Crippen LogP contribution in [0.3, 0.4) is 0 Å². The van der Waals surface area contributed by atoms with Crippen molar-refractivity contribution in [2.24, 2.45) is 17.3 Å². The highest BCUT2D eigenvalue weighted by molar-refractivity contribution is 6.08. The van der Waals surface area contributed by atoms with Crippen LogP contribution in [0.5, 0.6) is 0 Å². The number of esters is 2. The number of rotatable bonds is 7. The van der Waals surface area contributed by atoms with E-state index in [-0.39, 0.29) is 25.0 Å². The second-order valence-electron chi connectivity index (χ2n) is 8.73. The number of carbonyl (C=O) groups excluding carboxylic acids is 3. The highest BCUT2D eigenvalue weighted by Gasteiger charge is 2.75. The molecular formula is C27H31NO5. The molecule has 2 aromatic carbocycles. The first-order valence-corrected chi connectivity index (χ1v) is 11.8. The van der Waals surface area contributed by atoms with E-state index in [0.29, 0.717) is 13.1 Å². The molecule has 3 atom stereocenters. The normalized spacial score (nSPS) is 23.6. The third-order valence-electron chi connectivity index (χ3n) is 6.98. The molecule has 0 bridgehead atoms. The van der Waals surface area contributed by atoms with Gasteiger partial charge in [0, 0.05) is 19.0 Å². The van der Waals surface area contributed by atoms with Gasteiger partial charge in [-0.25, -0.2) is 0 Å². The van der Waals surface area contributed by atoms with Crippen LogP contribution in [-0.4, -0.2) is 42.5 Å². The van der Waals surface area contributed by atoms with E-state index in [0.717, 1.165) is 24.0 Å². The summed E-state index contributed by atoms with van der Waals surface area (Å²) in [7, 11) is 0. The Morgan fingerprint density at radius 1 is 0.909 bits per heavy atom. The minimum Gasteiger partial charge on any atom is -0.465 e. The molecule has 2 aliphatic rings. The fourth-order valence-corrected chi connectivity index (χ4v) is 5.70. The van der Waals surface area contributed by atoms with Gasteiger partial charge in [-0.3, -0.25) is 14.4 Å². The molecule has 0 radical (unpaired) electrons. The number of hydrogen-bond donors (Lipinski definition) is 0. The minimum absolute atomic E-state index is 0.126. The van der Waals surface area contributed by atoms with E-state index in [9.17, 15) is 14.4 Å². The largest absolute Gasteiger partial charge is 0.465 e. The fourth-order valence-electron chi connectivity index (χ4n) is 5.70. The predicted octanol–water partition coefficient (Wildman–Crippen LogP) is 3.95. The van der Waals surface area contributed by atoms with Gasteiger partial charge in [0.05, 0.1) is 19.1 Å². The molecule has 6 heteroatoms. The lowest BCUT2D eigenvalue weighted by Gasteiger charge is -2.56. The Hall–Kier alpha value is -3.15. The van der Waals surface area contributed by atoms with Crippen LogP contribution in [0.15, 0.2) is 60.7 Å². The predicted molar refractivity (Wildman–Crippen MR) is 123 cm³/mol. The average molecular weight is 450 g/mol. The Bertz CT molecular complexity index is 972. The molecule has 1 heterocycles. The van der Waals surface area contributed by atoms with E-state index < -0.39 is 29.2 Å². The maximum Gasteiger partial charge on any atom is 0.324 e. The van der Waals surface area contributed by atoms with E-state index in [1.807, 2.05) is 60.7 Å². The first-order valence-electron chi connectivity index (χ1n) is 11.8. The topological polar surface area (TPSA) is 72.9 Å². The molecule has 1 amide bonds. The molecule has 6 nitrogen and oxygen atoms in total. The lowest BCUT2D eigenvalue weighted by atomic mass is 9.43. The van der Waals surface area contributed by atoms with Crippen LogP contribution in [0.2, 0.25) is 0 Å². The number of ether oxygens (including phenoxy) is 2. The van der Waals surface area contributed by atoms with Crippen molar-refractivity contribution in [2.75, 3.05) is 19.8 Å². The lowest BCUT2D eigenvalue weighted by molar-refractivity contribution is -0.203. The third kappa shape index (κ3) is 3.92. The number of carbonyl (C=O) groups is 3. The number of benzene rings is 2. The van der Waals surface area contributed by atoms with Gasteiger partial charge >= 0.3 is 11.9 Å². The molecule has 1 aliphatic carbocycles. The number of nitrogens with zero attached hydrogens (tertiary/aromatic N) is 1. The average Bonchev–Trinajstić information content (AvgIpc) is 2.94. The number of likely N-dealkylation sites (tertiary alicyclic amines) is 1. The van der Waals surface area contributed by atoms with Crippen molar-refractivity contribution in [1.29, 1.82) is 0 Å². The molecule has 0 unspecified atom stereocenters. The summed E-state index contributed by atoms with van der Waals surface area (Å²) < 4.78 is 10.9. The third-order valence-corrected chi connectivity index (χ3v) is 6.98. The molecule has 174 valence electrons.